The molecule has 0 unspecified atom stereocenters. The average molecular weight is 346 g/mol. The maximum absolute atomic E-state index is 12.6. The number of rotatable bonds is 5. The van der Waals surface area contributed by atoms with Gasteiger partial charge in [-0.05, 0) is 42.7 Å². The van der Waals surface area contributed by atoms with Crippen molar-refractivity contribution in [2.75, 3.05) is 23.1 Å². The van der Waals surface area contributed by atoms with Crippen LogP contribution in [-0.2, 0) is 0 Å². The Hall–Kier alpha value is -1.66. The van der Waals surface area contributed by atoms with Crippen molar-refractivity contribution in [1.29, 1.82) is 0 Å². The highest BCUT2D eigenvalue weighted by Crippen LogP contribution is 2.27. The van der Waals surface area contributed by atoms with Crippen molar-refractivity contribution in [3.63, 3.8) is 0 Å². The van der Waals surface area contributed by atoms with E-state index in [9.17, 15) is 4.79 Å². The monoisotopic (exact) mass is 346 g/mol. The van der Waals surface area contributed by atoms with Gasteiger partial charge in [0.2, 0.25) is 5.88 Å². The van der Waals surface area contributed by atoms with Crippen LogP contribution in [0.3, 0.4) is 0 Å². The molecule has 0 aliphatic carbocycles. The minimum Gasteiger partial charge on any atom is -0.473 e. The second-order valence-corrected chi connectivity index (χ2v) is 7.11. The van der Waals surface area contributed by atoms with Gasteiger partial charge in [0, 0.05) is 16.8 Å². The Bertz CT molecular complexity index is 688. The predicted octanol–water partition coefficient (Wildman–Crippen LogP) is 3.94. The second-order valence-electron chi connectivity index (χ2n) is 5.11. The van der Waals surface area contributed by atoms with Crippen molar-refractivity contribution in [1.82, 2.24) is 4.98 Å². The highest BCUT2D eigenvalue weighted by atomic mass is 32.2. The summed E-state index contributed by atoms with van der Waals surface area (Å²) in [6, 6.07) is 11.3. The molecule has 120 valence electrons. The summed E-state index contributed by atoms with van der Waals surface area (Å²) in [5.41, 5.74) is 1.27. The molecular weight excluding hydrogens is 328 g/mol. The van der Waals surface area contributed by atoms with E-state index >= 15 is 0 Å². The van der Waals surface area contributed by atoms with E-state index in [2.05, 4.69) is 10.3 Å². The summed E-state index contributed by atoms with van der Waals surface area (Å²) < 4.78 is 5.92. The number of amides is 1. The van der Waals surface area contributed by atoms with Crippen LogP contribution in [0.4, 0.5) is 5.69 Å². The molecule has 1 saturated heterocycles. The molecule has 2 aromatic rings. The fourth-order valence-corrected chi connectivity index (χ4v) is 4.01. The molecule has 1 N–H and O–H groups in total. The molecule has 1 amide bonds. The molecule has 0 saturated carbocycles. The summed E-state index contributed by atoms with van der Waals surface area (Å²) in [4.78, 5) is 17.9. The summed E-state index contributed by atoms with van der Waals surface area (Å²) in [6.45, 7) is 0. The van der Waals surface area contributed by atoms with Crippen molar-refractivity contribution in [2.45, 2.75) is 17.4 Å². The largest absolute Gasteiger partial charge is 0.473 e. The quantitative estimate of drug-likeness (QED) is 0.831. The number of nitrogens with zero attached hydrogens (tertiary/aromatic N) is 1. The van der Waals surface area contributed by atoms with Crippen LogP contribution >= 0.6 is 23.5 Å². The molecule has 1 aromatic carbocycles. The molecule has 4 nitrogen and oxygen atoms in total. The van der Waals surface area contributed by atoms with Gasteiger partial charge in [-0.15, -0.1) is 11.8 Å². The number of aromatic nitrogens is 1. The number of carbonyl (C=O) groups is 1. The number of nitrogens with one attached hydrogen (secondary N) is 1. The van der Waals surface area contributed by atoms with Crippen molar-refractivity contribution in [3.8, 4) is 5.88 Å². The molecular formula is C17H18N2O2S2. The Morgan fingerprint density at radius 3 is 3.00 bits per heavy atom. The van der Waals surface area contributed by atoms with Crippen molar-refractivity contribution < 1.29 is 9.53 Å². The maximum Gasteiger partial charge on any atom is 0.261 e. The van der Waals surface area contributed by atoms with Crippen LogP contribution in [0.5, 0.6) is 5.88 Å². The number of para-hydroxylation sites is 1. The third-order valence-electron chi connectivity index (χ3n) is 3.54. The third kappa shape index (κ3) is 4.00. The first-order valence-electron chi connectivity index (χ1n) is 7.41. The van der Waals surface area contributed by atoms with Gasteiger partial charge >= 0.3 is 0 Å². The normalized spacial score (nSPS) is 17.0. The van der Waals surface area contributed by atoms with Crippen LogP contribution in [-0.4, -0.2) is 34.8 Å². The summed E-state index contributed by atoms with van der Waals surface area (Å²) in [5, 5.41) is 2.96. The first-order valence-corrected chi connectivity index (χ1v) is 9.79. The molecule has 0 radical (unpaired) electrons. The lowest BCUT2D eigenvalue weighted by molar-refractivity contribution is 0.101. The number of carbonyl (C=O) groups excluding carboxylic acids is 1. The Kier molecular flexibility index (Phi) is 5.46. The van der Waals surface area contributed by atoms with Crippen LogP contribution in [0.15, 0.2) is 47.5 Å². The number of ether oxygens (including phenoxy) is 1. The second kappa shape index (κ2) is 7.75. The third-order valence-corrected chi connectivity index (χ3v) is 5.46. The van der Waals surface area contributed by atoms with E-state index in [4.69, 9.17) is 4.74 Å². The van der Waals surface area contributed by atoms with Crippen molar-refractivity contribution in [3.05, 3.63) is 48.2 Å². The van der Waals surface area contributed by atoms with Gasteiger partial charge in [0.25, 0.3) is 5.91 Å². The van der Waals surface area contributed by atoms with E-state index in [0.717, 1.165) is 28.5 Å². The molecule has 0 spiro atoms. The predicted molar refractivity (Wildman–Crippen MR) is 96.8 cm³/mol. The Labute approximate surface area is 144 Å². The number of thioether (sulfide) groups is 2. The van der Waals surface area contributed by atoms with E-state index in [1.54, 1.807) is 30.1 Å². The lowest BCUT2D eigenvalue weighted by atomic mass is 10.2. The molecule has 0 bridgehead atoms. The fourth-order valence-electron chi connectivity index (χ4n) is 2.36. The average Bonchev–Trinajstić information content (AvgIpc) is 3.09. The lowest BCUT2D eigenvalue weighted by Crippen LogP contribution is -2.20. The van der Waals surface area contributed by atoms with Gasteiger partial charge in [0.1, 0.15) is 11.7 Å². The number of hydrogen-bond acceptors (Lipinski definition) is 5. The minimum absolute atomic E-state index is 0.139. The fraction of sp³-hybridized carbons (Fsp3) is 0.294. The molecule has 3 rings (SSSR count). The van der Waals surface area contributed by atoms with Gasteiger partial charge in [-0.1, -0.05) is 12.1 Å². The number of anilines is 1. The van der Waals surface area contributed by atoms with Gasteiger partial charge in [0.05, 0.1) is 5.69 Å². The Morgan fingerprint density at radius 2 is 2.22 bits per heavy atom. The highest BCUT2D eigenvalue weighted by Gasteiger charge is 2.21. The van der Waals surface area contributed by atoms with Crippen LogP contribution in [0.2, 0.25) is 0 Å². The molecule has 1 aliphatic rings. The van der Waals surface area contributed by atoms with Gasteiger partial charge < -0.3 is 10.1 Å². The number of hydrogen-bond donors (Lipinski definition) is 1. The Balaban J connectivity index is 1.79. The SMILES string of the molecule is CSc1ccccc1NC(=O)c1cccnc1O[C@H]1CCSC1. The minimum atomic E-state index is -0.194. The first kappa shape index (κ1) is 16.2. The zero-order valence-electron chi connectivity index (χ0n) is 12.8. The van der Waals surface area contributed by atoms with Crippen LogP contribution in [0.25, 0.3) is 0 Å². The van der Waals surface area contributed by atoms with Crippen LogP contribution in [0, 0.1) is 0 Å². The summed E-state index contributed by atoms with van der Waals surface area (Å²) in [6.07, 6.45) is 4.78. The Morgan fingerprint density at radius 1 is 1.35 bits per heavy atom. The number of pyridine rings is 1. The maximum atomic E-state index is 12.6. The summed E-state index contributed by atoms with van der Waals surface area (Å²) >= 11 is 3.47. The lowest BCUT2D eigenvalue weighted by Gasteiger charge is -2.15. The molecule has 1 fully saturated rings. The van der Waals surface area contributed by atoms with E-state index in [-0.39, 0.29) is 12.0 Å². The molecule has 1 atom stereocenters. The zero-order valence-corrected chi connectivity index (χ0v) is 14.5. The van der Waals surface area contributed by atoms with Gasteiger partial charge in [-0.3, -0.25) is 4.79 Å². The molecule has 1 aliphatic heterocycles. The molecule has 1 aromatic heterocycles. The van der Waals surface area contributed by atoms with Crippen molar-refractivity contribution in [2.24, 2.45) is 0 Å². The van der Waals surface area contributed by atoms with E-state index < -0.39 is 0 Å². The molecule has 23 heavy (non-hydrogen) atoms. The van der Waals surface area contributed by atoms with Crippen molar-refractivity contribution >= 4 is 35.1 Å². The van der Waals surface area contributed by atoms with E-state index in [0.29, 0.717) is 11.4 Å². The smallest absolute Gasteiger partial charge is 0.261 e. The zero-order chi connectivity index (χ0) is 16.1. The van der Waals surface area contributed by atoms with Gasteiger partial charge in [-0.2, -0.15) is 11.8 Å². The summed E-state index contributed by atoms with van der Waals surface area (Å²) in [7, 11) is 0. The molecule has 2 heterocycles. The van der Waals surface area contributed by atoms with E-state index in [1.807, 2.05) is 42.3 Å². The van der Waals surface area contributed by atoms with Gasteiger partial charge in [-0.25, -0.2) is 4.98 Å². The summed E-state index contributed by atoms with van der Waals surface area (Å²) in [5.74, 6) is 2.27. The van der Waals surface area contributed by atoms with Crippen LogP contribution in [0.1, 0.15) is 16.8 Å². The standard InChI is InChI=1S/C17H18N2O2S2/c1-22-15-7-3-2-6-14(15)19-16(20)13-5-4-9-18-17(13)21-12-8-10-23-11-12/h2-7,9,12H,8,10-11H2,1H3,(H,19,20)/t12-/m0/s1. The van der Waals surface area contributed by atoms with E-state index in [1.165, 1.54) is 0 Å². The van der Waals surface area contributed by atoms with Gasteiger partial charge in [0.15, 0.2) is 0 Å². The highest BCUT2D eigenvalue weighted by molar-refractivity contribution is 7.99. The molecule has 6 heteroatoms. The topological polar surface area (TPSA) is 51.2 Å². The first-order chi connectivity index (χ1) is 11.3. The number of benzene rings is 1. The van der Waals surface area contributed by atoms with Crippen LogP contribution < -0.4 is 10.1 Å².